The molecule has 0 spiro atoms. The van der Waals surface area contributed by atoms with E-state index in [1.807, 2.05) is 0 Å². The minimum atomic E-state index is 0.816. The minimum absolute atomic E-state index is 0.816. The van der Waals surface area contributed by atoms with E-state index >= 15 is 0 Å². The van der Waals surface area contributed by atoms with Crippen molar-refractivity contribution in [1.29, 1.82) is 0 Å². The second kappa shape index (κ2) is 15.5. The van der Waals surface area contributed by atoms with Crippen LogP contribution < -0.4 is 0 Å². The smallest absolute Gasteiger partial charge is 0.0805 e. The highest BCUT2D eigenvalue weighted by Crippen LogP contribution is 2.14. The normalized spacial score (nSPS) is 12.3. The number of hydrogen-bond donors (Lipinski definition) is 0. The van der Waals surface area contributed by atoms with Gasteiger partial charge in [-0.3, -0.25) is 0 Å². The van der Waals surface area contributed by atoms with E-state index in [0.717, 1.165) is 5.92 Å². The average Bonchev–Trinajstić information content (AvgIpc) is 2.46. The molecule has 0 aromatic rings. The third kappa shape index (κ3) is 18.1. The Labute approximate surface area is 148 Å². The van der Waals surface area contributed by atoms with E-state index in [2.05, 4.69) is 34.9 Å². The Morgan fingerprint density at radius 1 is 0.565 bits per heavy atom. The molecule has 0 aliphatic heterocycles. The van der Waals surface area contributed by atoms with E-state index in [1.165, 1.54) is 107 Å². The zero-order chi connectivity index (χ0) is 17.4. The van der Waals surface area contributed by atoms with Crippen molar-refractivity contribution in [2.45, 2.75) is 111 Å². The van der Waals surface area contributed by atoms with E-state index in [0.29, 0.717) is 0 Å². The second-order valence-electron chi connectivity index (χ2n) is 8.83. The summed E-state index contributed by atoms with van der Waals surface area (Å²) in [6.45, 7) is 9.65. The van der Waals surface area contributed by atoms with Gasteiger partial charge < -0.3 is 4.48 Å². The molecule has 0 atom stereocenters. The monoisotopic (exact) mass is 326 g/mol. The van der Waals surface area contributed by atoms with Crippen LogP contribution in [0.4, 0.5) is 0 Å². The molecule has 1 nitrogen and oxygen atoms in total. The van der Waals surface area contributed by atoms with E-state index < -0.39 is 0 Å². The number of rotatable bonds is 17. The Kier molecular flexibility index (Phi) is 15.5. The van der Waals surface area contributed by atoms with Crippen molar-refractivity contribution in [1.82, 2.24) is 0 Å². The van der Waals surface area contributed by atoms with Gasteiger partial charge in [0.25, 0.3) is 0 Å². The first-order valence-corrected chi connectivity index (χ1v) is 10.8. The number of nitrogens with zero attached hydrogens (tertiary/aromatic N) is 1. The van der Waals surface area contributed by atoms with E-state index in [4.69, 9.17) is 0 Å². The van der Waals surface area contributed by atoms with Gasteiger partial charge in [-0.2, -0.15) is 0 Å². The SMILES string of the molecule is CCCCCCCCCCCCCCCC[N+](C)(C)CC(C)C. The summed E-state index contributed by atoms with van der Waals surface area (Å²) < 4.78 is 1.20. The fourth-order valence-electron chi connectivity index (χ4n) is 3.81. The highest BCUT2D eigenvalue weighted by atomic mass is 15.3. The Morgan fingerprint density at radius 3 is 1.26 bits per heavy atom. The molecule has 0 N–H and O–H groups in total. The molecule has 0 aromatic carbocycles. The van der Waals surface area contributed by atoms with Gasteiger partial charge in [-0.15, -0.1) is 0 Å². The van der Waals surface area contributed by atoms with Crippen LogP contribution in [0.25, 0.3) is 0 Å². The lowest BCUT2D eigenvalue weighted by Gasteiger charge is -2.31. The van der Waals surface area contributed by atoms with Gasteiger partial charge in [0, 0.05) is 5.92 Å². The summed E-state index contributed by atoms with van der Waals surface area (Å²) >= 11 is 0. The first-order chi connectivity index (χ1) is 11.0. The Balaban J connectivity index is 3.19. The summed E-state index contributed by atoms with van der Waals surface area (Å²) in [4.78, 5) is 0. The highest BCUT2D eigenvalue weighted by Gasteiger charge is 2.15. The molecule has 140 valence electrons. The maximum atomic E-state index is 2.39. The molecule has 0 saturated heterocycles. The Bertz CT molecular complexity index is 232. The molecule has 0 aliphatic rings. The third-order valence-corrected chi connectivity index (χ3v) is 4.98. The largest absolute Gasteiger partial charge is 0.328 e. The topological polar surface area (TPSA) is 0 Å². The summed E-state index contributed by atoms with van der Waals surface area (Å²) in [5, 5.41) is 0. The van der Waals surface area contributed by atoms with Gasteiger partial charge in [-0.25, -0.2) is 0 Å². The van der Waals surface area contributed by atoms with Crippen molar-refractivity contribution in [3.63, 3.8) is 0 Å². The minimum Gasteiger partial charge on any atom is -0.328 e. The molecule has 0 saturated carbocycles. The molecule has 0 aromatic heterocycles. The molecule has 0 heterocycles. The molecule has 0 amide bonds. The van der Waals surface area contributed by atoms with Crippen LogP contribution in [0.3, 0.4) is 0 Å². The Morgan fingerprint density at radius 2 is 0.913 bits per heavy atom. The van der Waals surface area contributed by atoms with Crippen molar-refractivity contribution >= 4 is 0 Å². The molecule has 0 radical (unpaired) electrons. The molecule has 0 fully saturated rings. The molecule has 0 unspecified atom stereocenters. The highest BCUT2D eigenvalue weighted by molar-refractivity contribution is 4.50. The van der Waals surface area contributed by atoms with Crippen LogP contribution in [-0.4, -0.2) is 31.7 Å². The molecule has 0 bridgehead atoms. The van der Waals surface area contributed by atoms with Crippen molar-refractivity contribution in [3.05, 3.63) is 0 Å². The van der Waals surface area contributed by atoms with Crippen molar-refractivity contribution in [3.8, 4) is 0 Å². The zero-order valence-corrected chi connectivity index (χ0v) is 17.3. The quantitative estimate of drug-likeness (QED) is 0.196. The van der Waals surface area contributed by atoms with Crippen molar-refractivity contribution in [2.24, 2.45) is 5.92 Å². The summed E-state index contributed by atoms with van der Waals surface area (Å²) in [6.07, 6.45) is 20.4. The van der Waals surface area contributed by atoms with Gasteiger partial charge in [0.15, 0.2) is 0 Å². The molecular weight excluding hydrogens is 278 g/mol. The van der Waals surface area contributed by atoms with E-state index in [1.54, 1.807) is 0 Å². The molecule has 0 rings (SSSR count). The van der Waals surface area contributed by atoms with Crippen LogP contribution in [0, 0.1) is 5.92 Å². The van der Waals surface area contributed by atoms with E-state index in [9.17, 15) is 0 Å². The van der Waals surface area contributed by atoms with Crippen LogP contribution in [-0.2, 0) is 0 Å². The maximum Gasteiger partial charge on any atom is 0.0805 e. The Hall–Kier alpha value is -0.0400. The van der Waals surface area contributed by atoms with Gasteiger partial charge in [0.05, 0.1) is 27.2 Å². The van der Waals surface area contributed by atoms with Crippen LogP contribution in [0.15, 0.2) is 0 Å². The average molecular weight is 327 g/mol. The van der Waals surface area contributed by atoms with Gasteiger partial charge in [-0.05, 0) is 12.8 Å². The van der Waals surface area contributed by atoms with E-state index in [-0.39, 0.29) is 0 Å². The molecule has 0 aliphatic carbocycles. The first kappa shape index (κ1) is 23.0. The maximum absolute atomic E-state index is 2.39. The van der Waals surface area contributed by atoms with Crippen LogP contribution in [0.5, 0.6) is 0 Å². The molecular formula is C22H48N+. The van der Waals surface area contributed by atoms with Crippen LogP contribution in [0.2, 0.25) is 0 Å². The van der Waals surface area contributed by atoms with Gasteiger partial charge in [-0.1, -0.05) is 97.8 Å². The fourth-order valence-corrected chi connectivity index (χ4v) is 3.81. The molecule has 23 heavy (non-hydrogen) atoms. The summed E-state index contributed by atoms with van der Waals surface area (Å²) in [5.74, 6) is 0.816. The predicted molar refractivity (Wildman–Crippen MR) is 107 cm³/mol. The zero-order valence-electron chi connectivity index (χ0n) is 17.3. The van der Waals surface area contributed by atoms with Gasteiger partial charge in [0.1, 0.15) is 0 Å². The number of quaternary nitrogens is 1. The van der Waals surface area contributed by atoms with Crippen LogP contribution >= 0.6 is 0 Å². The number of hydrogen-bond acceptors (Lipinski definition) is 0. The van der Waals surface area contributed by atoms with Crippen molar-refractivity contribution in [2.75, 3.05) is 27.2 Å². The third-order valence-electron chi connectivity index (χ3n) is 4.98. The van der Waals surface area contributed by atoms with Gasteiger partial charge >= 0.3 is 0 Å². The first-order valence-electron chi connectivity index (χ1n) is 10.8. The van der Waals surface area contributed by atoms with Gasteiger partial charge in [0.2, 0.25) is 0 Å². The van der Waals surface area contributed by atoms with Crippen molar-refractivity contribution < 1.29 is 4.48 Å². The second-order valence-corrected chi connectivity index (χ2v) is 8.83. The lowest BCUT2D eigenvalue weighted by atomic mass is 10.0. The summed E-state index contributed by atoms with van der Waals surface area (Å²) in [6, 6.07) is 0. The predicted octanol–water partition coefficient (Wildman–Crippen LogP) is 7.20. The lowest BCUT2D eigenvalue weighted by Crippen LogP contribution is -2.43. The van der Waals surface area contributed by atoms with Crippen LogP contribution in [0.1, 0.15) is 111 Å². The summed E-state index contributed by atoms with van der Waals surface area (Å²) in [7, 11) is 4.78. The molecule has 1 heteroatoms. The fraction of sp³-hybridized carbons (Fsp3) is 1.00. The lowest BCUT2D eigenvalue weighted by molar-refractivity contribution is -0.893. The summed E-state index contributed by atoms with van der Waals surface area (Å²) in [5.41, 5.74) is 0. The number of unbranched alkanes of at least 4 members (excludes halogenated alkanes) is 13. The standard InChI is InChI=1S/C22H48N/c1-6-7-8-9-10-11-12-13-14-15-16-17-18-19-20-23(4,5)21-22(2)3/h22H,6-21H2,1-5H3/q+1.